The number of rotatable bonds is 4. The minimum Gasteiger partial charge on any atom is -0.396 e. The molecule has 0 radical (unpaired) electrons. The number of hydrogen-bond donors (Lipinski definition) is 1. The van der Waals surface area contributed by atoms with E-state index in [9.17, 15) is 9.50 Å². The maximum absolute atomic E-state index is 13.2. The smallest absolute Gasteiger partial charge is 0.123 e. The van der Waals surface area contributed by atoms with Crippen molar-refractivity contribution in [3.63, 3.8) is 0 Å². The number of aliphatic hydroxyl groups is 1. The summed E-state index contributed by atoms with van der Waals surface area (Å²) in [6, 6.07) is 4.91. The molecule has 0 spiro atoms. The molecule has 2 heteroatoms. The Kier molecular flexibility index (Phi) is 3.02. The second-order valence-corrected chi connectivity index (χ2v) is 5.33. The van der Waals surface area contributed by atoms with E-state index in [4.69, 9.17) is 0 Å². The highest BCUT2D eigenvalue weighted by Gasteiger charge is 2.41. The zero-order valence-electron chi connectivity index (χ0n) is 9.96. The molecule has 1 N–H and O–H groups in total. The zero-order valence-corrected chi connectivity index (χ0v) is 9.96. The fourth-order valence-corrected chi connectivity index (χ4v) is 2.38. The van der Waals surface area contributed by atoms with Crippen LogP contribution in [0.15, 0.2) is 18.2 Å². The van der Waals surface area contributed by atoms with Crippen LogP contribution in [-0.4, -0.2) is 11.7 Å². The van der Waals surface area contributed by atoms with Crippen LogP contribution in [0, 0.1) is 24.1 Å². The second kappa shape index (κ2) is 4.17. The second-order valence-electron chi connectivity index (χ2n) is 5.33. The van der Waals surface area contributed by atoms with Gasteiger partial charge < -0.3 is 5.11 Å². The summed E-state index contributed by atoms with van der Waals surface area (Å²) in [5.41, 5.74) is 2.07. The van der Waals surface area contributed by atoms with Crippen LogP contribution in [0.25, 0.3) is 0 Å². The molecule has 88 valence electrons. The predicted octanol–water partition coefficient (Wildman–Crippen LogP) is 3.09. The molecular weight excluding hydrogens is 203 g/mol. The Morgan fingerprint density at radius 3 is 2.69 bits per heavy atom. The molecule has 1 nitrogen and oxygen atoms in total. The van der Waals surface area contributed by atoms with Crippen molar-refractivity contribution in [1.82, 2.24) is 0 Å². The Labute approximate surface area is 96.3 Å². The van der Waals surface area contributed by atoms with Crippen LogP contribution in [-0.2, 0) is 6.42 Å². The maximum atomic E-state index is 13.2. The summed E-state index contributed by atoms with van der Waals surface area (Å²) in [5, 5.41) is 9.52. The monoisotopic (exact) mass is 222 g/mol. The van der Waals surface area contributed by atoms with Crippen molar-refractivity contribution >= 4 is 0 Å². The van der Waals surface area contributed by atoms with Crippen LogP contribution in [0.2, 0.25) is 0 Å². The molecule has 1 atom stereocenters. The van der Waals surface area contributed by atoms with Gasteiger partial charge in [0.15, 0.2) is 0 Å². The van der Waals surface area contributed by atoms with Crippen molar-refractivity contribution < 1.29 is 9.50 Å². The van der Waals surface area contributed by atoms with Crippen molar-refractivity contribution in [2.45, 2.75) is 33.1 Å². The molecule has 0 bridgehead atoms. The average molecular weight is 222 g/mol. The van der Waals surface area contributed by atoms with E-state index in [0.29, 0.717) is 5.92 Å². The fourth-order valence-electron chi connectivity index (χ4n) is 2.38. The highest BCUT2D eigenvalue weighted by Crippen LogP contribution is 2.47. The van der Waals surface area contributed by atoms with Gasteiger partial charge in [-0.1, -0.05) is 13.0 Å². The third-order valence-electron chi connectivity index (χ3n) is 3.83. The predicted molar refractivity (Wildman–Crippen MR) is 62.8 cm³/mol. The van der Waals surface area contributed by atoms with Gasteiger partial charge in [0.1, 0.15) is 5.82 Å². The van der Waals surface area contributed by atoms with Gasteiger partial charge in [-0.25, -0.2) is 4.39 Å². The fraction of sp³-hybridized carbons (Fsp3) is 0.571. The summed E-state index contributed by atoms with van der Waals surface area (Å²) in [7, 11) is 0. The maximum Gasteiger partial charge on any atom is 0.123 e. The summed E-state index contributed by atoms with van der Waals surface area (Å²) >= 11 is 0. The average Bonchev–Trinajstić information content (AvgIpc) is 3.07. The quantitative estimate of drug-likeness (QED) is 0.830. The van der Waals surface area contributed by atoms with E-state index in [1.54, 1.807) is 6.07 Å². The lowest BCUT2D eigenvalue weighted by Gasteiger charge is -2.28. The molecule has 1 aliphatic rings. The molecule has 2 rings (SSSR count). The Balaban J connectivity index is 2.21. The van der Waals surface area contributed by atoms with Crippen LogP contribution in [0.1, 0.15) is 30.9 Å². The van der Waals surface area contributed by atoms with Gasteiger partial charge in [-0.15, -0.1) is 0 Å². The molecule has 1 aromatic rings. The van der Waals surface area contributed by atoms with Gasteiger partial charge in [0, 0.05) is 6.61 Å². The number of aryl methyl sites for hydroxylation is 1. The Bertz CT molecular complexity index is 384. The highest BCUT2D eigenvalue weighted by molar-refractivity contribution is 5.28. The summed E-state index contributed by atoms with van der Waals surface area (Å²) in [6.45, 7) is 4.29. The van der Waals surface area contributed by atoms with E-state index in [0.717, 1.165) is 17.5 Å². The van der Waals surface area contributed by atoms with E-state index in [1.807, 2.05) is 13.0 Å². The van der Waals surface area contributed by atoms with Crippen LogP contribution in [0.5, 0.6) is 0 Å². The minimum atomic E-state index is -0.184. The van der Waals surface area contributed by atoms with E-state index in [-0.39, 0.29) is 17.8 Å². The Morgan fingerprint density at radius 1 is 1.44 bits per heavy atom. The van der Waals surface area contributed by atoms with Gasteiger partial charge in [-0.2, -0.15) is 0 Å². The van der Waals surface area contributed by atoms with Gasteiger partial charge in [-0.3, -0.25) is 0 Å². The van der Waals surface area contributed by atoms with E-state index in [1.165, 1.54) is 18.9 Å². The van der Waals surface area contributed by atoms with E-state index >= 15 is 0 Å². The summed E-state index contributed by atoms with van der Waals surface area (Å²) in [4.78, 5) is 0. The topological polar surface area (TPSA) is 20.2 Å². The van der Waals surface area contributed by atoms with Gasteiger partial charge in [0.25, 0.3) is 0 Å². The first kappa shape index (κ1) is 11.6. The van der Waals surface area contributed by atoms with Crippen LogP contribution < -0.4 is 0 Å². The zero-order chi connectivity index (χ0) is 11.8. The molecule has 1 fully saturated rings. The van der Waals surface area contributed by atoms with Crippen molar-refractivity contribution in [2.75, 3.05) is 6.61 Å². The molecule has 0 heterocycles. The molecular formula is C14H19FO. The lowest BCUT2D eigenvalue weighted by atomic mass is 9.79. The summed E-state index contributed by atoms with van der Waals surface area (Å²) in [5.74, 6) is 0.428. The van der Waals surface area contributed by atoms with Crippen molar-refractivity contribution in [2.24, 2.45) is 11.3 Å². The SMILES string of the molecule is Cc1ccc(F)cc1CC(C)(CO)C1CC1. The molecule has 1 unspecified atom stereocenters. The van der Waals surface area contributed by atoms with Gasteiger partial charge in [0.2, 0.25) is 0 Å². The van der Waals surface area contributed by atoms with Gasteiger partial charge in [0.05, 0.1) is 0 Å². The lowest BCUT2D eigenvalue weighted by molar-refractivity contribution is 0.119. The third-order valence-corrected chi connectivity index (χ3v) is 3.83. The highest BCUT2D eigenvalue weighted by atomic mass is 19.1. The molecule has 1 aromatic carbocycles. The van der Waals surface area contributed by atoms with Crippen LogP contribution >= 0.6 is 0 Å². The number of benzene rings is 1. The van der Waals surface area contributed by atoms with Crippen molar-refractivity contribution in [1.29, 1.82) is 0 Å². The molecule has 0 aromatic heterocycles. The number of aliphatic hydroxyl groups excluding tert-OH is 1. The number of hydrogen-bond acceptors (Lipinski definition) is 1. The largest absolute Gasteiger partial charge is 0.396 e. The van der Waals surface area contributed by atoms with Gasteiger partial charge in [-0.05, 0) is 60.8 Å². The lowest BCUT2D eigenvalue weighted by Crippen LogP contribution is -2.27. The van der Waals surface area contributed by atoms with E-state index in [2.05, 4.69) is 6.92 Å². The third kappa shape index (κ3) is 2.27. The molecule has 0 saturated heterocycles. The summed E-state index contributed by atoms with van der Waals surface area (Å²) in [6.07, 6.45) is 3.18. The molecule has 0 amide bonds. The molecule has 1 aliphatic carbocycles. The Morgan fingerprint density at radius 2 is 2.12 bits per heavy atom. The Hall–Kier alpha value is -0.890. The molecule has 16 heavy (non-hydrogen) atoms. The normalized spacial score (nSPS) is 19.5. The van der Waals surface area contributed by atoms with E-state index < -0.39 is 0 Å². The minimum absolute atomic E-state index is 0.0709. The van der Waals surface area contributed by atoms with Crippen molar-refractivity contribution in [3.8, 4) is 0 Å². The summed E-state index contributed by atoms with van der Waals surface area (Å²) < 4.78 is 13.2. The van der Waals surface area contributed by atoms with Crippen LogP contribution in [0.4, 0.5) is 4.39 Å². The van der Waals surface area contributed by atoms with Crippen molar-refractivity contribution in [3.05, 3.63) is 35.1 Å². The number of halogens is 1. The first-order valence-corrected chi connectivity index (χ1v) is 5.91. The standard InChI is InChI=1S/C14H19FO/c1-10-3-6-13(15)7-11(10)8-14(2,9-16)12-4-5-12/h3,6-7,12,16H,4-5,8-9H2,1-2H3. The molecule has 0 aliphatic heterocycles. The first-order valence-electron chi connectivity index (χ1n) is 5.91. The molecule has 1 saturated carbocycles. The van der Waals surface area contributed by atoms with Crippen LogP contribution in [0.3, 0.4) is 0 Å². The first-order chi connectivity index (χ1) is 7.55. The van der Waals surface area contributed by atoms with Gasteiger partial charge >= 0.3 is 0 Å².